The molecule has 22 heavy (non-hydrogen) atoms. The Balaban J connectivity index is 0.00000242. The van der Waals surface area contributed by atoms with E-state index in [2.05, 4.69) is 13.8 Å². The first-order valence-electron chi connectivity index (χ1n) is 7.68. The molecule has 3 atom stereocenters. The van der Waals surface area contributed by atoms with Gasteiger partial charge in [-0.3, -0.25) is 4.79 Å². The summed E-state index contributed by atoms with van der Waals surface area (Å²) < 4.78 is 5.16. The van der Waals surface area contributed by atoms with Crippen LogP contribution in [0.4, 0.5) is 0 Å². The molecule has 2 N–H and O–H groups in total. The molecule has 0 aliphatic carbocycles. The van der Waals surface area contributed by atoms with Gasteiger partial charge in [0.15, 0.2) is 0 Å². The van der Waals surface area contributed by atoms with Gasteiger partial charge in [-0.05, 0) is 49.4 Å². The number of nitrogens with two attached hydrogens (primary N) is 1. The molecule has 1 saturated heterocycles. The van der Waals surface area contributed by atoms with Crippen LogP contribution in [-0.4, -0.2) is 37.0 Å². The first-order valence-corrected chi connectivity index (χ1v) is 7.68. The summed E-state index contributed by atoms with van der Waals surface area (Å²) in [7, 11) is 1.66. The number of carbonyl (C=O) groups excluding carboxylic acids is 1. The molecule has 124 valence electrons. The van der Waals surface area contributed by atoms with E-state index >= 15 is 0 Å². The largest absolute Gasteiger partial charge is 0.497 e. The molecule has 1 aromatic rings. The van der Waals surface area contributed by atoms with Crippen LogP contribution in [0.25, 0.3) is 0 Å². The number of halogens is 1. The fourth-order valence-electron chi connectivity index (χ4n) is 3.09. The lowest BCUT2D eigenvalue weighted by atomic mass is 9.97. The number of hydrogen-bond donors (Lipinski definition) is 1. The van der Waals surface area contributed by atoms with E-state index in [9.17, 15) is 4.79 Å². The number of likely N-dealkylation sites (tertiary alicyclic amines) is 1. The summed E-state index contributed by atoms with van der Waals surface area (Å²) in [5, 5.41) is 0. The third-order valence-corrected chi connectivity index (χ3v) is 4.48. The van der Waals surface area contributed by atoms with E-state index in [1.54, 1.807) is 7.11 Å². The van der Waals surface area contributed by atoms with Crippen molar-refractivity contribution in [2.45, 2.75) is 38.6 Å². The number of ether oxygens (including phenoxy) is 1. The van der Waals surface area contributed by atoms with Crippen molar-refractivity contribution in [2.24, 2.45) is 11.7 Å². The Morgan fingerprint density at radius 1 is 1.41 bits per heavy atom. The number of rotatable bonds is 5. The molecule has 1 aromatic carbocycles. The fourth-order valence-corrected chi connectivity index (χ4v) is 3.09. The highest BCUT2D eigenvalue weighted by atomic mass is 35.5. The molecule has 1 aliphatic heterocycles. The Kier molecular flexibility index (Phi) is 7.17. The van der Waals surface area contributed by atoms with E-state index < -0.39 is 0 Å². The zero-order chi connectivity index (χ0) is 15.4. The summed E-state index contributed by atoms with van der Waals surface area (Å²) >= 11 is 0. The number of benzene rings is 1. The second-order valence-corrected chi connectivity index (χ2v) is 6.11. The molecule has 0 saturated carbocycles. The van der Waals surface area contributed by atoms with E-state index in [0.29, 0.717) is 24.9 Å². The van der Waals surface area contributed by atoms with Gasteiger partial charge in [-0.1, -0.05) is 19.1 Å². The lowest BCUT2D eigenvalue weighted by molar-refractivity contribution is -0.132. The maximum atomic E-state index is 12.5. The summed E-state index contributed by atoms with van der Waals surface area (Å²) in [6.45, 7) is 5.69. The maximum Gasteiger partial charge on any atom is 0.223 e. The predicted octanol–water partition coefficient (Wildman–Crippen LogP) is 2.81. The van der Waals surface area contributed by atoms with E-state index in [1.807, 2.05) is 29.2 Å². The van der Waals surface area contributed by atoms with Crippen LogP contribution in [0.3, 0.4) is 0 Å². The van der Waals surface area contributed by atoms with Gasteiger partial charge in [0.05, 0.1) is 7.11 Å². The van der Waals surface area contributed by atoms with E-state index in [1.165, 1.54) is 5.56 Å². The average molecular weight is 327 g/mol. The van der Waals surface area contributed by atoms with Crippen LogP contribution >= 0.6 is 12.4 Å². The van der Waals surface area contributed by atoms with Crippen LogP contribution < -0.4 is 10.5 Å². The first kappa shape index (κ1) is 18.8. The molecule has 5 heteroatoms. The minimum atomic E-state index is 0. The molecule has 3 unspecified atom stereocenters. The van der Waals surface area contributed by atoms with Gasteiger partial charge < -0.3 is 15.4 Å². The summed E-state index contributed by atoms with van der Waals surface area (Å²) in [6.07, 6.45) is 1.58. The molecule has 1 fully saturated rings. The Hall–Kier alpha value is -1.26. The number of amides is 1. The van der Waals surface area contributed by atoms with Gasteiger partial charge in [0.25, 0.3) is 0 Å². The standard InChI is InChI=1S/C17H26N2O2.ClH/c1-12(15-4-6-16(21-3)7-5-15)8-17(20)19-11-14(10-18)9-13(19)2;/h4-7,12-14H,8-11,18H2,1-3H3;1H. The van der Waals surface area contributed by atoms with Crippen molar-refractivity contribution < 1.29 is 9.53 Å². The first-order chi connectivity index (χ1) is 10.0. The molecule has 1 aliphatic rings. The second-order valence-electron chi connectivity index (χ2n) is 6.11. The average Bonchev–Trinajstić information content (AvgIpc) is 2.88. The van der Waals surface area contributed by atoms with E-state index in [-0.39, 0.29) is 24.2 Å². The van der Waals surface area contributed by atoms with Gasteiger partial charge in [-0.25, -0.2) is 0 Å². The van der Waals surface area contributed by atoms with Crippen molar-refractivity contribution >= 4 is 18.3 Å². The second kappa shape index (κ2) is 8.39. The van der Waals surface area contributed by atoms with Crippen molar-refractivity contribution in [1.29, 1.82) is 0 Å². The Labute approximate surface area is 139 Å². The molecule has 2 rings (SSSR count). The van der Waals surface area contributed by atoms with Crippen LogP contribution in [0.2, 0.25) is 0 Å². The topological polar surface area (TPSA) is 55.6 Å². The molecular weight excluding hydrogens is 300 g/mol. The third kappa shape index (κ3) is 4.37. The van der Waals surface area contributed by atoms with Crippen molar-refractivity contribution in [2.75, 3.05) is 20.2 Å². The van der Waals surface area contributed by atoms with Crippen LogP contribution in [0.1, 0.15) is 38.2 Å². The minimum Gasteiger partial charge on any atom is -0.497 e. The monoisotopic (exact) mass is 326 g/mol. The SMILES string of the molecule is COc1ccc(C(C)CC(=O)N2CC(CN)CC2C)cc1.Cl. The molecule has 0 radical (unpaired) electrons. The highest BCUT2D eigenvalue weighted by molar-refractivity contribution is 5.85. The molecule has 0 bridgehead atoms. The predicted molar refractivity (Wildman–Crippen MR) is 91.6 cm³/mol. The summed E-state index contributed by atoms with van der Waals surface area (Å²) in [6, 6.07) is 8.27. The molecule has 4 nitrogen and oxygen atoms in total. The molecule has 0 spiro atoms. The van der Waals surface area contributed by atoms with Gasteiger partial charge in [0.1, 0.15) is 5.75 Å². The summed E-state index contributed by atoms with van der Waals surface area (Å²) in [5.41, 5.74) is 6.90. The normalized spacial score (nSPS) is 22.1. The van der Waals surface area contributed by atoms with Gasteiger partial charge in [0, 0.05) is 19.0 Å². The molecular formula is C17H27ClN2O2. The van der Waals surface area contributed by atoms with E-state index in [4.69, 9.17) is 10.5 Å². The summed E-state index contributed by atoms with van der Waals surface area (Å²) in [4.78, 5) is 14.5. The minimum absolute atomic E-state index is 0. The number of nitrogens with zero attached hydrogens (tertiary/aromatic N) is 1. The van der Waals surface area contributed by atoms with E-state index in [0.717, 1.165) is 18.7 Å². The van der Waals surface area contributed by atoms with Crippen LogP contribution in [-0.2, 0) is 4.79 Å². The van der Waals surface area contributed by atoms with Crippen LogP contribution in [0.5, 0.6) is 5.75 Å². The Morgan fingerprint density at radius 3 is 2.55 bits per heavy atom. The van der Waals surface area contributed by atoms with Gasteiger partial charge in [-0.2, -0.15) is 0 Å². The number of hydrogen-bond acceptors (Lipinski definition) is 3. The highest BCUT2D eigenvalue weighted by Crippen LogP contribution is 2.27. The number of methoxy groups -OCH3 is 1. The lowest BCUT2D eigenvalue weighted by Gasteiger charge is -2.23. The summed E-state index contributed by atoms with van der Waals surface area (Å²) in [5.74, 6) is 1.76. The van der Waals surface area contributed by atoms with Crippen LogP contribution in [0, 0.1) is 5.92 Å². The Bertz CT molecular complexity index is 478. The van der Waals surface area contributed by atoms with Crippen LogP contribution in [0.15, 0.2) is 24.3 Å². The zero-order valence-corrected chi connectivity index (χ0v) is 14.4. The molecule has 0 aromatic heterocycles. The molecule has 1 amide bonds. The molecule has 1 heterocycles. The zero-order valence-electron chi connectivity index (χ0n) is 13.6. The maximum absolute atomic E-state index is 12.5. The van der Waals surface area contributed by atoms with Crippen molar-refractivity contribution in [3.8, 4) is 5.75 Å². The number of carbonyl (C=O) groups is 1. The van der Waals surface area contributed by atoms with Gasteiger partial charge >= 0.3 is 0 Å². The third-order valence-electron chi connectivity index (χ3n) is 4.48. The smallest absolute Gasteiger partial charge is 0.223 e. The van der Waals surface area contributed by atoms with Crippen molar-refractivity contribution in [1.82, 2.24) is 4.90 Å². The quantitative estimate of drug-likeness (QED) is 0.905. The van der Waals surface area contributed by atoms with Crippen molar-refractivity contribution in [3.05, 3.63) is 29.8 Å². The van der Waals surface area contributed by atoms with Gasteiger partial charge in [-0.15, -0.1) is 12.4 Å². The Morgan fingerprint density at radius 2 is 2.05 bits per heavy atom. The highest BCUT2D eigenvalue weighted by Gasteiger charge is 2.31. The van der Waals surface area contributed by atoms with Gasteiger partial charge in [0.2, 0.25) is 5.91 Å². The lowest BCUT2D eigenvalue weighted by Crippen LogP contribution is -2.35. The van der Waals surface area contributed by atoms with Crippen molar-refractivity contribution in [3.63, 3.8) is 0 Å². The fraction of sp³-hybridized carbons (Fsp3) is 0.588.